The van der Waals surface area contributed by atoms with Gasteiger partial charge < -0.3 is 15.5 Å². The van der Waals surface area contributed by atoms with Gasteiger partial charge in [-0.15, -0.1) is 0 Å². The van der Waals surface area contributed by atoms with Crippen LogP contribution in [0.1, 0.15) is 85.5 Å². The number of nitrogens with one attached hydrogen (secondary N) is 1. The number of thioether (sulfide) groups is 1. The topological polar surface area (TPSA) is 86.6 Å². The fourth-order valence-corrected chi connectivity index (χ4v) is 3.37. The minimum atomic E-state index is -0.554. The molecule has 0 aromatic carbocycles. The van der Waals surface area contributed by atoms with E-state index in [1.165, 1.54) is 31.0 Å². The molecule has 0 spiro atoms. The first-order valence-electron chi connectivity index (χ1n) is 10.7. The van der Waals surface area contributed by atoms with E-state index in [9.17, 15) is 19.8 Å². The monoisotopic (exact) mass is 415 g/mol. The number of carbonyl (C=O) groups excluding carboxylic acids is 2. The van der Waals surface area contributed by atoms with Crippen LogP contribution in [0.25, 0.3) is 0 Å². The zero-order valence-corrected chi connectivity index (χ0v) is 19.0. The van der Waals surface area contributed by atoms with E-state index in [2.05, 4.69) is 12.2 Å². The highest BCUT2D eigenvalue weighted by atomic mass is 32.2. The summed E-state index contributed by atoms with van der Waals surface area (Å²) < 4.78 is 0. The third kappa shape index (κ3) is 15.1. The summed E-state index contributed by atoms with van der Waals surface area (Å²) in [5.41, 5.74) is 0.670. The number of hydrogen-bond donors (Lipinski definition) is 3. The Morgan fingerprint density at radius 1 is 1.11 bits per heavy atom. The van der Waals surface area contributed by atoms with Gasteiger partial charge in [-0.1, -0.05) is 64.3 Å². The minimum absolute atomic E-state index is 0.00511. The van der Waals surface area contributed by atoms with E-state index in [0.29, 0.717) is 43.6 Å². The highest BCUT2D eigenvalue weighted by Crippen LogP contribution is 2.15. The van der Waals surface area contributed by atoms with Gasteiger partial charge >= 0.3 is 0 Å². The Hall–Kier alpha value is -0.850. The molecule has 0 aliphatic carbocycles. The van der Waals surface area contributed by atoms with Gasteiger partial charge in [-0.05, 0) is 44.1 Å². The quantitative estimate of drug-likeness (QED) is 0.260. The molecule has 0 bridgehead atoms. The van der Waals surface area contributed by atoms with Crippen LogP contribution in [0.2, 0.25) is 0 Å². The van der Waals surface area contributed by atoms with Gasteiger partial charge in [0.05, 0.1) is 12.2 Å². The van der Waals surface area contributed by atoms with Gasteiger partial charge in [0.25, 0.3) is 0 Å². The van der Waals surface area contributed by atoms with Crippen molar-refractivity contribution in [3.63, 3.8) is 0 Å². The van der Waals surface area contributed by atoms with E-state index >= 15 is 0 Å². The molecular formula is C22H41NO4S. The van der Waals surface area contributed by atoms with Crippen LogP contribution in [0.15, 0.2) is 11.6 Å². The second-order valence-electron chi connectivity index (χ2n) is 7.82. The summed E-state index contributed by atoms with van der Waals surface area (Å²) in [5, 5.41) is 22.6. The predicted molar refractivity (Wildman–Crippen MR) is 118 cm³/mol. The molecule has 0 unspecified atom stereocenters. The molecule has 0 aliphatic heterocycles. The Kier molecular flexibility index (Phi) is 16.5. The Morgan fingerprint density at radius 3 is 2.43 bits per heavy atom. The lowest BCUT2D eigenvalue weighted by molar-refractivity contribution is -0.121. The maximum atomic E-state index is 12.1. The molecule has 164 valence electrons. The molecule has 0 heterocycles. The van der Waals surface area contributed by atoms with Crippen LogP contribution < -0.4 is 5.32 Å². The molecule has 0 aliphatic rings. The van der Waals surface area contributed by atoms with Crippen molar-refractivity contribution in [1.29, 1.82) is 0 Å². The third-order valence-corrected chi connectivity index (χ3v) is 5.71. The molecule has 0 aromatic heterocycles. The van der Waals surface area contributed by atoms with Gasteiger partial charge in [0.2, 0.25) is 11.0 Å². The first kappa shape index (κ1) is 27.1. The number of amides is 1. The smallest absolute Gasteiger partial charge is 0.220 e. The van der Waals surface area contributed by atoms with E-state index in [4.69, 9.17) is 0 Å². The summed E-state index contributed by atoms with van der Waals surface area (Å²) in [6, 6.07) is 0. The molecule has 0 saturated heterocycles. The molecule has 0 saturated carbocycles. The van der Waals surface area contributed by atoms with Crippen LogP contribution in [-0.2, 0) is 9.59 Å². The highest BCUT2D eigenvalue weighted by molar-refractivity contribution is 8.14. The summed E-state index contributed by atoms with van der Waals surface area (Å²) in [6.07, 6.45) is 8.52. The van der Waals surface area contributed by atoms with Crippen LogP contribution in [0.4, 0.5) is 0 Å². The Balaban J connectivity index is 3.85. The van der Waals surface area contributed by atoms with Crippen molar-refractivity contribution in [3.05, 3.63) is 11.6 Å². The zero-order chi connectivity index (χ0) is 21.4. The van der Waals surface area contributed by atoms with Crippen molar-refractivity contribution in [2.45, 2.75) is 97.7 Å². The molecule has 5 nitrogen and oxygen atoms in total. The summed E-state index contributed by atoms with van der Waals surface area (Å²) in [7, 11) is 0. The number of hydrogen-bond acceptors (Lipinski definition) is 5. The van der Waals surface area contributed by atoms with E-state index < -0.39 is 12.2 Å². The van der Waals surface area contributed by atoms with Crippen LogP contribution in [-0.4, -0.2) is 45.7 Å². The van der Waals surface area contributed by atoms with E-state index in [1.54, 1.807) is 6.92 Å². The number of carbonyl (C=O) groups is 2. The van der Waals surface area contributed by atoms with E-state index in [1.807, 2.05) is 19.9 Å². The van der Waals surface area contributed by atoms with Gasteiger partial charge in [-0.3, -0.25) is 9.59 Å². The molecule has 6 heteroatoms. The van der Waals surface area contributed by atoms with Crippen molar-refractivity contribution < 1.29 is 19.8 Å². The van der Waals surface area contributed by atoms with Gasteiger partial charge in [0.15, 0.2) is 0 Å². The second-order valence-corrected chi connectivity index (χ2v) is 8.88. The maximum absolute atomic E-state index is 12.1. The molecule has 0 rings (SSSR count). The average molecular weight is 416 g/mol. The fraction of sp³-hybridized carbons (Fsp3) is 0.818. The van der Waals surface area contributed by atoms with Crippen molar-refractivity contribution >= 4 is 22.8 Å². The van der Waals surface area contributed by atoms with Gasteiger partial charge in [-0.2, -0.15) is 0 Å². The average Bonchev–Trinajstić information content (AvgIpc) is 2.64. The number of rotatable bonds is 16. The largest absolute Gasteiger partial charge is 0.393 e. The van der Waals surface area contributed by atoms with Crippen molar-refractivity contribution in [2.75, 3.05) is 12.3 Å². The molecular weight excluding hydrogens is 374 g/mol. The number of aliphatic hydroxyl groups excluding tert-OH is 2. The standard InChI is InChI=1S/C22H41NO4S/c1-5-6-7-8-9-13-21(26)23-14-15-28-22(27)18(4)11-10-12-19(24)16-20(25)17(2)3/h11,17,19-20,24-25H,5-10,12-16H2,1-4H3,(H,23,26)/b18-11+/t19-,20+/m0/s1. The van der Waals surface area contributed by atoms with E-state index in [-0.39, 0.29) is 16.9 Å². The van der Waals surface area contributed by atoms with Crippen molar-refractivity contribution in [2.24, 2.45) is 5.92 Å². The van der Waals surface area contributed by atoms with Crippen LogP contribution in [0.3, 0.4) is 0 Å². The molecule has 28 heavy (non-hydrogen) atoms. The third-order valence-electron chi connectivity index (χ3n) is 4.72. The van der Waals surface area contributed by atoms with Gasteiger partial charge in [-0.25, -0.2) is 0 Å². The Labute approximate surface area is 175 Å². The van der Waals surface area contributed by atoms with Crippen LogP contribution in [0, 0.1) is 5.92 Å². The summed E-state index contributed by atoms with van der Waals surface area (Å²) in [5.74, 6) is 0.760. The molecule has 3 N–H and O–H groups in total. The summed E-state index contributed by atoms with van der Waals surface area (Å²) >= 11 is 1.21. The highest BCUT2D eigenvalue weighted by Gasteiger charge is 2.14. The SMILES string of the molecule is CCCCCCCC(=O)NCCSC(=O)/C(C)=C/CC[C@H](O)C[C@@H](O)C(C)C. The fourth-order valence-electron chi connectivity index (χ4n) is 2.67. The lowest BCUT2D eigenvalue weighted by Crippen LogP contribution is -2.25. The summed E-state index contributed by atoms with van der Waals surface area (Å²) in [6.45, 7) is 8.30. The summed E-state index contributed by atoms with van der Waals surface area (Å²) in [4.78, 5) is 23.8. The van der Waals surface area contributed by atoms with E-state index in [0.717, 1.165) is 12.8 Å². The lowest BCUT2D eigenvalue weighted by atomic mass is 9.98. The van der Waals surface area contributed by atoms with Crippen LogP contribution >= 0.6 is 11.8 Å². The number of aliphatic hydroxyl groups is 2. The van der Waals surface area contributed by atoms with Gasteiger partial charge in [0.1, 0.15) is 0 Å². The minimum Gasteiger partial charge on any atom is -0.393 e. The first-order chi connectivity index (χ1) is 13.3. The molecule has 0 aromatic rings. The molecule has 2 atom stereocenters. The maximum Gasteiger partial charge on any atom is 0.220 e. The molecule has 0 radical (unpaired) electrons. The zero-order valence-electron chi connectivity index (χ0n) is 18.2. The normalized spacial score (nSPS) is 14.2. The lowest BCUT2D eigenvalue weighted by Gasteiger charge is -2.18. The van der Waals surface area contributed by atoms with Crippen molar-refractivity contribution in [1.82, 2.24) is 5.32 Å². The predicted octanol–water partition coefficient (Wildman–Crippen LogP) is 4.22. The Bertz CT molecular complexity index is 465. The molecule has 0 fully saturated rings. The van der Waals surface area contributed by atoms with Crippen LogP contribution in [0.5, 0.6) is 0 Å². The first-order valence-corrected chi connectivity index (χ1v) is 11.7. The number of unbranched alkanes of at least 4 members (excludes halogenated alkanes) is 4. The second kappa shape index (κ2) is 17.0. The van der Waals surface area contributed by atoms with Gasteiger partial charge in [0, 0.05) is 18.7 Å². The number of allylic oxidation sites excluding steroid dienone is 1. The van der Waals surface area contributed by atoms with Crippen molar-refractivity contribution in [3.8, 4) is 0 Å². The Morgan fingerprint density at radius 2 is 1.79 bits per heavy atom. The molecule has 1 amide bonds.